The molecule has 3 rings (SSSR count). The largest absolute Gasteiger partial charge is 0.391 e. The summed E-state index contributed by atoms with van der Waals surface area (Å²) >= 11 is 0. The molecule has 3 aliphatic carbocycles. The Kier molecular flexibility index (Phi) is 7.68. The SMILES string of the molecule is FC(F)(F)[C@@H]1CCCC[C@@H]1[SiH]([C@@H]1CCCC[C@@H]1C(F)(F)F)[C@H]1CCCC[C@H]1C(F)(F)F. The van der Waals surface area contributed by atoms with Crippen LogP contribution in [0.4, 0.5) is 39.5 Å². The predicted octanol–water partition coefficient (Wildman–Crippen LogP) is 8.58. The Balaban J connectivity index is 2.06. The molecule has 31 heavy (non-hydrogen) atoms. The summed E-state index contributed by atoms with van der Waals surface area (Å²) in [7, 11) is -3.11. The predicted molar refractivity (Wildman–Crippen MR) is 102 cm³/mol. The lowest BCUT2D eigenvalue weighted by molar-refractivity contribution is -0.188. The van der Waals surface area contributed by atoms with Crippen LogP contribution in [-0.2, 0) is 0 Å². The summed E-state index contributed by atoms with van der Waals surface area (Å²) < 4.78 is 125. The zero-order valence-electron chi connectivity index (χ0n) is 17.4. The van der Waals surface area contributed by atoms with Crippen LogP contribution in [-0.4, -0.2) is 27.3 Å². The third kappa shape index (κ3) is 5.75. The van der Waals surface area contributed by atoms with Gasteiger partial charge in [-0.05, 0) is 35.9 Å². The molecule has 0 spiro atoms. The van der Waals surface area contributed by atoms with Crippen LogP contribution in [0.5, 0.6) is 0 Å². The highest BCUT2D eigenvalue weighted by Crippen LogP contribution is 2.60. The molecular weight excluding hydrogens is 451 g/mol. The van der Waals surface area contributed by atoms with Gasteiger partial charge in [-0.3, -0.25) is 0 Å². The third-order valence-electron chi connectivity index (χ3n) is 8.20. The van der Waals surface area contributed by atoms with Gasteiger partial charge in [-0.15, -0.1) is 0 Å². The molecule has 0 saturated heterocycles. The second-order valence-corrected chi connectivity index (χ2v) is 13.6. The summed E-state index contributed by atoms with van der Waals surface area (Å²) in [6, 6.07) is 0. The van der Waals surface area contributed by atoms with Gasteiger partial charge in [0.1, 0.15) is 0 Å². The van der Waals surface area contributed by atoms with E-state index in [1.54, 1.807) is 0 Å². The molecule has 6 atom stereocenters. The average Bonchev–Trinajstić information content (AvgIpc) is 2.67. The first-order valence-corrected chi connectivity index (χ1v) is 13.5. The molecule has 0 aromatic carbocycles. The monoisotopic (exact) mass is 482 g/mol. The maximum atomic E-state index is 13.9. The number of rotatable bonds is 3. The number of hydrogen-bond acceptors (Lipinski definition) is 0. The molecule has 0 unspecified atom stereocenters. The lowest BCUT2D eigenvalue weighted by Crippen LogP contribution is -2.50. The number of hydrogen-bond donors (Lipinski definition) is 0. The van der Waals surface area contributed by atoms with Crippen LogP contribution in [0, 0.1) is 17.8 Å². The van der Waals surface area contributed by atoms with Crippen molar-refractivity contribution in [2.45, 2.75) is 112 Å². The molecule has 0 aromatic rings. The second-order valence-electron chi connectivity index (χ2n) is 9.87. The smallest absolute Gasteiger partial charge is 0.171 e. The van der Waals surface area contributed by atoms with Crippen molar-refractivity contribution in [1.29, 1.82) is 0 Å². The summed E-state index contributed by atoms with van der Waals surface area (Å²) in [5.74, 6) is -5.24. The first-order chi connectivity index (χ1) is 14.3. The fourth-order valence-electron chi connectivity index (χ4n) is 7.03. The zero-order chi connectivity index (χ0) is 23.0. The van der Waals surface area contributed by atoms with Gasteiger partial charge in [0.05, 0.1) is 17.8 Å². The van der Waals surface area contributed by atoms with Crippen molar-refractivity contribution in [2.24, 2.45) is 17.8 Å². The van der Waals surface area contributed by atoms with Crippen molar-refractivity contribution in [2.75, 3.05) is 0 Å². The van der Waals surface area contributed by atoms with Crippen molar-refractivity contribution in [3.63, 3.8) is 0 Å². The molecule has 3 aliphatic rings. The van der Waals surface area contributed by atoms with E-state index in [-0.39, 0.29) is 38.5 Å². The molecule has 0 radical (unpaired) electrons. The Morgan fingerprint density at radius 3 is 0.839 bits per heavy atom. The molecule has 0 aliphatic heterocycles. The Morgan fingerprint density at radius 1 is 0.387 bits per heavy atom. The van der Waals surface area contributed by atoms with Crippen molar-refractivity contribution in [3.8, 4) is 0 Å². The molecule has 0 aromatic heterocycles. The van der Waals surface area contributed by atoms with Crippen LogP contribution in [0.2, 0.25) is 16.6 Å². The zero-order valence-corrected chi connectivity index (χ0v) is 18.6. The minimum Gasteiger partial charge on any atom is -0.171 e. The van der Waals surface area contributed by atoms with Crippen LogP contribution in [0.15, 0.2) is 0 Å². The first kappa shape index (κ1) is 25.2. The number of alkyl halides is 9. The van der Waals surface area contributed by atoms with E-state index in [1.807, 2.05) is 0 Å². The average molecular weight is 483 g/mol. The van der Waals surface area contributed by atoms with Gasteiger partial charge < -0.3 is 0 Å². The summed E-state index contributed by atoms with van der Waals surface area (Å²) in [5, 5.41) is 0. The third-order valence-corrected chi connectivity index (χ3v) is 13.6. The van der Waals surface area contributed by atoms with Gasteiger partial charge >= 0.3 is 18.5 Å². The van der Waals surface area contributed by atoms with Crippen LogP contribution < -0.4 is 0 Å². The molecule has 10 heteroatoms. The van der Waals surface area contributed by atoms with Crippen LogP contribution >= 0.6 is 0 Å². The van der Waals surface area contributed by atoms with E-state index in [0.717, 1.165) is 0 Å². The van der Waals surface area contributed by atoms with E-state index >= 15 is 0 Å². The topological polar surface area (TPSA) is 0 Å². The highest BCUT2D eigenvalue weighted by atomic mass is 28.3. The fraction of sp³-hybridized carbons (Fsp3) is 1.00. The lowest BCUT2D eigenvalue weighted by atomic mass is 9.86. The van der Waals surface area contributed by atoms with E-state index in [1.165, 1.54) is 0 Å². The lowest BCUT2D eigenvalue weighted by Gasteiger charge is -2.50. The minimum absolute atomic E-state index is 0.128. The minimum atomic E-state index is -4.57. The number of halogens is 9. The van der Waals surface area contributed by atoms with E-state index in [2.05, 4.69) is 0 Å². The maximum Gasteiger partial charge on any atom is 0.391 e. The summed E-state index contributed by atoms with van der Waals surface area (Å²) in [6.45, 7) is 0. The van der Waals surface area contributed by atoms with Crippen LogP contribution in [0.3, 0.4) is 0 Å². The van der Waals surface area contributed by atoms with E-state index in [0.29, 0.717) is 38.5 Å². The van der Waals surface area contributed by atoms with Crippen molar-refractivity contribution >= 4 is 8.80 Å². The Bertz CT molecular complexity index is 502. The molecule has 0 amide bonds. The highest BCUT2D eigenvalue weighted by molar-refractivity contribution is 6.64. The second kappa shape index (κ2) is 9.45. The molecular formula is C21H31F9Si. The molecule has 0 heterocycles. The van der Waals surface area contributed by atoms with Crippen LogP contribution in [0.25, 0.3) is 0 Å². The maximum absolute atomic E-state index is 13.9. The van der Waals surface area contributed by atoms with Gasteiger partial charge in [-0.1, -0.05) is 57.8 Å². The standard InChI is InChI=1S/C21H31F9Si/c22-19(23,24)13-7-1-4-10-16(13)31(17-11-5-2-8-14(17)20(25,26)27)18-12-6-3-9-15(18)21(28,29)30/h13-18,31H,1-12H2/t13-,14-,15+,16+,17+,18-/m1/s1. The van der Waals surface area contributed by atoms with E-state index in [9.17, 15) is 39.5 Å². The van der Waals surface area contributed by atoms with Crippen molar-refractivity contribution in [3.05, 3.63) is 0 Å². The molecule has 3 fully saturated rings. The first-order valence-electron chi connectivity index (χ1n) is 11.5. The molecule has 0 bridgehead atoms. The summed E-state index contributed by atoms with van der Waals surface area (Å²) in [4.78, 5) is 0. The fourth-order valence-corrected chi connectivity index (χ4v) is 13.6. The Hall–Kier alpha value is -0.413. The quantitative estimate of drug-likeness (QED) is 0.279. The van der Waals surface area contributed by atoms with Crippen LogP contribution in [0.1, 0.15) is 77.0 Å². The van der Waals surface area contributed by atoms with Gasteiger partial charge in [-0.25, -0.2) is 0 Å². The van der Waals surface area contributed by atoms with Gasteiger partial charge in [0.25, 0.3) is 0 Å². The molecule has 0 nitrogen and oxygen atoms in total. The van der Waals surface area contributed by atoms with E-state index < -0.39 is 61.7 Å². The molecule has 182 valence electrons. The summed E-state index contributed by atoms with van der Waals surface area (Å²) in [6.07, 6.45) is -11.4. The van der Waals surface area contributed by atoms with Gasteiger partial charge in [-0.2, -0.15) is 39.5 Å². The Labute approximate surface area is 178 Å². The molecule has 0 N–H and O–H groups in total. The van der Waals surface area contributed by atoms with Gasteiger partial charge in [0, 0.05) is 8.80 Å². The van der Waals surface area contributed by atoms with Crippen molar-refractivity contribution in [1.82, 2.24) is 0 Å². The summed E-state index contributed by atoms with van der Waals surface area (Å²) in [5.41, 5.74) is -3.06. The normalized spacial score (nSPS) is 36.6. The Morgan fingerprint density at radius 2 is 0.613 bits per heavy atom. The molecule has 3 saturated carbocycles. The van der Waals surface area contributed by atoms with Gasteiger partial charge in [0.15, 0.2) is 0 Å². The highest BCUT2D eigenvalue weighted by Gasteiger charge is 2.59. The van der Waals surface area contributed by atoms with Gasteiger partial charge in [0.2, 0.25) is 0 Å². The van der Waals surface area contributed by atoms with E-state index in [4.69, 9.17) is 0 Å². The van der Waals surface area contributed by atoms with Crippen molar-refractivity contribution < 1.29 is 39.5 Å².